The second-order valence-electron chi connectivity index (χ2n) is 6.06. The lowest BCUT2D eigenvalue weighted by Gasteiger charge is -2.14. The molecule has 29 heavy (non-hydrogen) atoms. The van der Waals surface area contributed by atoms with Gasteiger partial charge in [0.15, 0.2) is 11.5 Å². The van der Waals surface area contributed by atoms with Crippen LogP contribution in [0.4, 0.5) is 0 Å². The van der Waals surface area contributed by atoms with Gasteiger partial charge in [0, 0.05) is 5.56 Å². The Bertz CT molecular complexity index is 1100. The smallest absolute Gasteiger partial charge is 0.346 e. The maximum atomic E-state index is 11.1. The molecular weight excluding hydrogens is 370 g/mol. The highest BCUT2D eigenvalue weighted by Gasteiger charge is 2.13. The van der Waals surface area contributed by atoms with Crippen LogP contribution in [0.3, 0.4) is 0 Å². The maximum Gasteiger partial charge on any atom is 0.346 e. The molecule has 146 valence electrons. The molecule has 3 rings (SSSR count). The summed E-state index contributed by atoms with van der Waals surface area (Å²) < 4.78 is 16.9. The summed E-state index contributed by atoms with van der Waals surface area (Å²) in [6.07, 6.45) is 1.25. The third kappa shape index (κ3) is 4.85. The molecule has 0 aliphatic heterocycles. The fourth-order valence-corrected chi connectivity index (χ4v) is 2.82. The van der Waals surface area contributed by atoms with Crippen LogP contribution >= 0.6 is 0 Å². The molecule has 0 spiro atoms. The normalized spacial score (nSPS) is 11.0. The van der Waals surface area contributed by atoms with Gasteiger partial charge in [0.05, 0.1) is 7.11 Å². The Kier molecular flexibility index (Phi) is 6.33. The predicted molar refractivity (Wildman–Crippen MR) is 109 cm³/mol. The number of nitriles is 1. The second kappa shape index (κ2) is 9.29. The Morgan fingerprint density at radius 1 is 1.03 bits per heavy atom. The molecule has 0 saturated carbocycles. The predicted octanol–water partition coefficient (Wildman–Crippen LogP) is 4.30. The lowest BCUT2D eigenvalue weighted by atomic mass is 10.1. The summed E-state index contributed by atoms with van der Waals surface area (Å²) in [5.41, 5.74) is 0.0459. The summed E-state index contributed by atoms with van der Waals surface area (Å²) >= 11 is 0. The minimum atomic E-state index is -1.30. The van der Waals surface area contributed by atoms with Gasteiger partial charge in [-0.3, -0.25) is 0 Å². The molecule has 0 radical (unpaired) electrons. The molecule has 0 unspecified atom stereocenters. The molecule has 0 aliphatic rings. The van der Waals surface area contributed by atoms with Crippen molar-refractivity contribution in [3.63, 3.8) is 0 Å². The Morgan fingerprint density at radius 3 is 2.52 bits per heavy atom. The number of hydrogen-bond acceptors (Lipinski definition) is 5. The van der Waals surface area contributed by atoms with E-state index in [1.165, 1.54) is 13.2 Å². The van der Waals surface area contributed by atoms with Gasteiger partial charge in [-0.1, -0.05) is 42.5 Å². The molecule has 6 heteroatoms. The van der Waals surface area contributed by atoms with Crippen molar-refractivity contribution in [1.82, 2.24) is 0 Å². The summed E-state index contributed by atoms with van der Waals surface area (Å²) in [6.45, 7) is 0.493. The number of carboxylic acids is 1. The SMILES string of the molecule is COc1cccc(C=C(C#N)C(=O)O)c1OCCOc1ccc2ccccc2c1. The van der Waals surface area contributed by atoms with Gasteiger partial charge >= 0.3 is 5.97 Å². The zero-order valence-electron chi connectivity index (χ0n) is 15.8. The van der Waals surface area contributed by atoms with Crippen molar-refractivity contribution in [2.24, 2.45) is 0 Å². The molecule has 0 aliphatic carbocycles. The summed E-state index contributed by atoms with van der Waals surface area (Å²) in [5.74, 6) is 0.212. The Balaban J connectivity index is 1.71. The van der Waals surface area contributed by atoms with Crippen LogP contribution < -0.4 is 14.2 Å². The van der Waals surface area contributed by atoms with Gasteiger partial charge in [0.1, 0.15) is 30.6 Å². The van der Waals surface area contributed by atoms with Crippen molar-refractivity contribution in [3.05, 3.63) is 71.8 Å². The van der Waals surface area contributed by atoms with Crippen molar-refractivity contribution in [2.45, 2.75) is 0 Å². The molecule has 0 aromatic heterocycles. The zero-order chi connectivity index (χ0) is 20.6. The van der Waals surface area contributed by atoms with Gasteiger partial charge in [-0.2, -0.15) is 5.26 Å². The largest absolute Gasteiger partial charge is 0.493 e. The van der Waals surface area contributed by atoms with Gasteiger partial charge in [-0.25, -0.2) is 4.79 Å². The molecule has 0 atom stereocenters. The highest BCUT2D eigenvalue weighted by Crippen LogP contribution is 2.32. The van der Waals surface area contributed by atoms with Gasteiger partial charge in [0.2, 0.25) is 0 Å². The number of fused-ring (bicyclic) bond motifs is 1. The number of nitrogens with zero attached hydrogens (tertiary/aromatic N) is 1. The second-order valence-corrected chi connectivity index (χ2v) is 6.06. The highest BCUT2D eigenvalue weighted by atomic mass is 16.5. The van der Waals surface area contributed by atoms with Crippen LogP contribution in [-0.2, 0) is 4.79 Å². The van der Waals surface area contributed by atoms with Crippen molar-refractivity contribution in [1.29, 1.82) is 5.26 Å². The van der Waals surface area contributed by atoms with Crippen molar-refractivity contribution < 1.29 is 24.1 Å². The number of hydrogen-bond donors (Lipinski definition) is 1. The highest BCUT2D eigenvalue weighted by molar-refractivity contribution is 5.97. The summed E-state index contributed by atoms with van der Waals surface area (Å²) in [7, 11) is 1.49. The molecule has 6 nitrogen and oxygen atoms in total. The standard InChI is InChI=1S/C23H19NO5/c1-27-21-8-4-7-18(13-19(15-24)23(25)26)22(21)29-12-11-28-20-10-9-16-5-2-3-6-17(16)14-20/h2-10,13-14H,11-12H2,1H3,(H,25,26). The Hall–Kier alpha value is -3.98. The van der Waals surface area contributed by atoms with E-state index in [2.05, 4.69) is 0 Å². The fourth-order valence-electron chi connectivity index (χ4n) is 2.82. The van der Waals surface area contributed by atoms with E-state index in [4.69, 9.17) is 24.6 Å². The van der Waals surface area contributed by atoms with Crippen LogP contribution in [0.1, 0.15) is 5.56 Å². The first-order valence-corrected chi connectivity index (χ1v) is 8.89. The number of methoxy groups -OCH3 is 1. The molecule has 3 aromatic carbocycles. The lowest BCUT2D eigenvalue weighted by molar-refractivity contribution is -0.132. The third-order valence-corrected chi connectivity index (χ3v) is 4.20. The van der Waals surface area contributed by atoms with Crippen molar-refractivity contribution in [2.75, 3.05) is 20.3 Å². The van der Waals surface area contributed by atoms with E-state index in [-0.39, 0.29) is 13.2 Å². The van der Waals surface area contributed by atoms with E-state index in [0.717, 1.165) is 16.5 Å². The number of para-hydroxylation sites is 1. The number of benzene rings is 3. The van der Waals surface area contributed by atoms with Crippen molar-refractivity contribution in [3.8, 4) is 23.3 Å². The van der Waals surface area contributed by atoms with Crippen LogP contribution in [0, 0.1) is 11.3 Å². The molecule has 0 amide bonds. The van der Waals surface area contributed by atoms with E-state index >= 15 is 0 Å². The average Bonchev–Trinajstić information content (AvgIpc) is 2.75. The molecule has 0 bridgehead atoms. The number of aliphatic carboxylic acids is 1. The van der Waals surface area contributed by atoms with E-state index in [9.17, 15) is 4.79 Å². The van der Waals surface area contributed by atoms with Crippen LogP contribution in [0.15, 0.2) is 66.2 Å². The van der Waals surface area contributed by atoms with Crippen LogP contribution in [0.5, 0.6) is 17.2 Å². The van der Waals surface area contributed by atoms with E-state index < -0.39 is 11.5 Å². The number of carboxylic acid groups (broad SMARTS) is 1. The Morgan fingerprint density at radius 2 is 1.79 bits per heavy atom. The van der Waals surface area contributed by atoms with E-state index in [1.54, 1.807) is 24.3 Å². The maximum absolute atomic E-state index is 11.1. The van der Waals surface area contributed by atoms with Gasteiger partial charge in [-0.15, -0.1) is 0 Å². The quantitative estimate of drug-likeness (QED) is 0.351. The summed E-state index contributed by atoms with van der Waals surface area (Å²) in [6, 6.07) is 20.6. The number of carbonyl (C=O) groups is 1. The third-order valence-electron chi connectivity index (χ3n) is 4.20. The molecule has 3 aromatic rings. The Labute approximate surface area is 168 Å². The summed E-state index contributed by atoms with van der Waals surface area (Å²) in [4.78, 5) is 11.1. The number of ether oxygens (including phenoxy) is 3. The molecule has 0 fully saturated rings. The van der Waals surface area contributed by atoms with Crippen molar-refractivity contribution >= 4 is 22.8 Å². The van der Waals surface area contributed by atoms with Crippen LogP contribution in [0.2, 0.25) is 0 Å². The monoisotopic (exact) mass is 389 g/mol. The van der Waals surface area contributed by atoms with Gasteiger partial charge in [0.25, 0.3) is 0 Å². The van der Waals surface area contributed by atoms with Gasteiger partial charge in [-0.05, 0) is 35.0 Å². The van der Waals surface area contributed by atoms with Crippen LogP contribution in [0.25, 0.3) is 16.8 Å². The van der Waals surface area contributed by atoms with E-state index in [1.807, 2.05) is 42.5 Å². The molecule has 0 heterocycles. The summed E-state index contributed by atoms with van der Waals surface area (Å²) in [5, 5.41) is 20.3. The average molecular weight is 389 g/mol. The minimum Gasteiger partial charge on any atom is -0.493 e. The molecular formula is C23H19NO5. The number of rotatable bonds is 8. The van der Waals surface area contributed by atoms with Crippen LogP contribution in [-0.4, -0.2) is 31.4 Å². The van der Waals surface area contributed by atoms with Gasteiger partial charge < -0.3 is 19.3 Å². The first-order valence-electron chi connectivity index (χ1n) is 8.89. The topological polar surface area (TPSA) is 88.8 Å². The first-order chi connectivity index (χ1) is 14.1. The van der Waals surface area contributed by atoms with E-state index in [0.29, 0.717) is 17.1 Å². The zero-order valence-corrected chi connectivity index (χ0v) is 15.8. The molecule has 0 saturated heterocycles. The fraction of sp³-hybridized carbons (Fsp3) is 0.130. The minimum absolute atomic E-state index is 0.211. The first kappa shape index (κ1) is 19.8. The molecule has 1 N–H and O–H groups in total. The lowest BCUT2D eigenvalue weighted by Crippen LogP contribution is -2.10.